The molecule has 2 atom stereocenters. The van der Waals surface area contributed by atoms with Crippen LogP contribution >= 0.6 is 0 Å². The van der Waals surface area contributed by atoms with E-state index in [2.05, 4.69) is 25.2 Å². The predicted molar refractivity (Wildman–Crippen MR) is 45.6 cm³/mol. The number of nitrogens with one attached hydrogen (secondary N) is 1. The molecule has 70 valence electrons. The number of fused-ring (bicyclic) bond motifs is 1. The van der Waals surface area contributed by atoms with Crippen molar-refractivity contribution in [3.05, 3.63) is 12.0 Å². The highest BCUT2D eigenvalue weighted by atomic mass is 17.3. The van der Waals surface area contributed by atoms with E-state index in [1.807, 2.05) is 0 Å². The summed E-state index contributed by atoms with van der Waals surface area (Å²) in [5.74, 6) is 0.803. The molecule has 3 heterocycles. The Labute approximate surface area is 75.9 Å². The summed E-state index contributed by atoms with van der Waals surface area (Å²) in [6.07, 6.45) is 3.28. The molecule has 2 saturated heterocycles. The number of nitrogens with zero attached hydrogens (tertiary/aromatic N) is 2. The first kappa shape index (κ1) is 7.20. The van der Waals surface area contributed by atoms with Crippen molar-refractivity contribution in [3.63, 3.8) is 0 Å². The van der Waals surface area contributed by atoms with Crippen molar-refractivity contribution in [2.45, 2.75) is 6.04 Å². The van der Waals surface area contributed by atoms with Crippen LogP contribution in [0.25, 0.3) is 0 Å². The number of oxime groups is 1. The van der Waals surface area contributed by atoms with Gasteiger partial charge in [0.25, 0.3) is 0 Å². The van der Waals surface area contributed by atoms with Crippen LogP contribution in [-0.2, 0) is 9.88 Å². The van der Waals surface area contributed by atoms with Crippen LogP contribution in [0, 0.1) is 5.92 Å². The molecule has 0 aliphatic carbocycles. The first-order valence-corrected chi connectivity index (χ1v) is 4.48. The van der Waals surface area contributed by atoms with Gasteiger partial charge in [0.1, 0.15) is 0 Å². The van der Waals surface area contributed by atoms with Gasteiger partial charge in [-0.15, -0.1) is 0 Å². The molecule has 5 nitrogen and oxygen atoms in total. The van der Waals surface area contributed by atoms with Crippen molar-refractivity contribution < 1.29 is 9.88 Å². The van der Waals surface area contributed by atoms with Gasteiger partial charge in [0.15, 0.2) is 6.26 Å². The molecule has 0 aromatic carbocycles. The van der Waals surface area contributed by atoms with Gasteiger partial charge < -0.3 is 10.2 Å². The van der Waals surface area contributed by atoms with E-state index in [0.717, 1.165) is 31.2 Å². The van der Waals surface area contributed by atoms with Gasteiger partial charge >= 0.3 is 0 Å². The molecule has 0 saturated carbocycles. The van der Waals surface area contributed by atoms with Gasteiger partial charge in [-0.25, -0.2) is 0 Å². The lowest BCUT2D eigenvalue weighted by atomic mass is 9.96. The Hall–Kier alpha value is -1.23. The molecular formula is C8H11N3O2. The third-order valence-electron chi connectivity index (χ3n) is 2.89. The summed E-state index contributed by atoms with van der Waals surface area (Å²) in [5.41, 5.74) is 1.00. The topological polar surface area (TPSA) is 46.1 Å². The number of rotatable bonds is 1. The van der Waals surface area contributed by atoms with E-state index >= 15 is 0 Å². The van der Waals surface area contributed by atoms with Crippen LogP contribution in [-0.4, -0.2) is 36.8 Å². The van der Waals surface area contributed by atoms with Crippen molar-refractivity contribution >= 4 is 6.21 Å². The Morgan fingerprint density at radius 1 is 1.54 bits per heavy atom. The molecule has 13 heavy (non-hydrogen) atoms. The van der Waals surface area contributed by atoms with Gasteiger partial charge in [-0.2, -0.15) is 4.99 Å². The molecule has 3 rings (SSSR count). The van der Waals surface area contributed by atoms with E-state index in [0.29, 0.717) is 6.04 Å². The van der Waals surface area contributed by atoms with Crippen LogP contribution in [0.5, 0.6) is 0 Å². The summed E-state index contributed by atoms with van der Waals surface area (Å²) in [6.45, 7) is 3.29. The summed E-state index contributed by atoms with van der Waals surface area (Å²) in [7, 11) is 0. The fourth-order valence-electron chi connectivity index (χ4n) is 2.02. The Morgan fingerprint density at radius 3 is 3.08 bits per heavy atom. The van der Waals surface area contributed by atoms with Crippen molar-refractivity contribution in [1.29, 1.82) is 0 Å². The van der Waals surface area contributed by atoms with Gasteiger partial charge in [0.2, 0.25) is 0 Å². The normalized spacial score (nSPS) is 35.7. The van der Waals surface area contributed by atoms with Crippen LogP contribution < -0.4 is 5.32 Å². The lowest BCUT2D eigenvalue weighted by Gasteiger charge is -2.29. The third kappa shape index (κ3) is 1.07. The van der Waals surface area contributed by atoms with Crippen molar-refractivity contribution in [3.8, 4) is 0 Å². The molecule has 1 N–H and O–H groups in total. The van der Waals surface area contributed by atoms with Crippen molar-refractivity contribution in [2.24, 2.45) is 11.1 Å². The summed E-state index contributed by atoms with van der Waals surface area (Å²) >= 11 is 0. The van der Waals surface area contributed by atoms with Gasteiger partial charge in [-0.3, -0.25) is 4.89 Å². The third-order valence-corrected chi connectivity index (χ3v) is 2.89. The molecule has 3 aliphatic rings. The van der Waals surface area contributed by atoms with Crippen LogP contribution in [0.4, 0.5) is 0 Å². The van der Waals surface area contributed by atoms with E-state index in [9.17, 15) is 0 Å². The summed E-state index contributed by atoms with van der Waals surface area (Å²) < 4.78 is 0. The Kier molecular flexibility index (Phi) is 1.46. The first-order valence-electron chi connectivity index (χ1n) is 4.48. The second kappa shape index (κ2) is 2.63. The molecule has 0 radical (unpaired) electrons. The molecule has 0 spiro atoms. The molecule has 5 heteroatoms. The Balaban J connectivity index is 1.72. The predicted octanol–water partition coefficient (Wildman–Crippen LogP) is -0.321. The Bertz CT molecular complexity index is 265. The van der Waals surface area contributed by atoms with E-state index < -0.39 is 0 Å². The molecule has 3 aliphatic heterocycles. The van der Waals surface area contributed by atoms with Crippen molar-refractivity contribution in [1.82, 2.24) is 10.2 Å². The van der Waals surface area contributed by atoms with E-state index in [-0.39, 0.29) is 0 Å². The van der Waals surface area contributed by atoms with Gasteiger partial charge in [0, 0.05) is 31.6 Å². The fourth-order valence-corrected chi connectivity index (χ4v) is 2.02. The van der Waals surface area contributed by atoms with Crippen LogP contribution in [0.3, 0.4) is 0 Å². The smallest absolute Gasteiger partial charge is 0.170 e. The largest absolute Gasteiger partial charge is 0.366 e. The average molecular weight is 181 g/mol. The second-order valence-electron chi connectivity index (χ2n) is 3.63. The average Bonchev–Trinajstić information content (AvgIpc) is 2.45. The molecule has 0 aromatic rings. The lowest BCUT2D eigenvalue weighted by molar-refractivity contribution is -0.253. The maximum atomic E-state index is 4.66. The Morgan fingerprint density at radius 2 is 2.54 bits per heavy atom. The number of hydrogen-bond donors (Lipinski definition) is 1. The highest BCUT2D eigenvalue weighted by molar-refractivity contribution is 5.77. The minimum absolute atomic E-state index is 0.664. The highest BCUT2D eigenvalue weighted by Gasteiger charge is 2.39. The minimum atomic E-state index is 0.664. The van der Waals surface area contributed by atoms with E-state index in [1.165, 1.54) is 0 Å². The summed E-state index contributed by atoms with van der Waals surface area (Å²) in [5, 5.41) is 6.99. The molecular weight excluding hydrogens is 170 g/mol. The molecule has 2 fully saturated rings. The second-order valence-corrected chi connectivity index (χ2v) is 3.63. The van der Waals surface area contributed by atoms with Gasteiger partial charge in [0.05, 0.1) is 11.9 Å². The van der Waals surface area contributed by atoms with Crippen molar-refractivity contribution in [2.75, 3.05) is 19.6 Å². The SMILES string of the molecule is C1=NOOC=C1N1C[C@@H]2CN[C@@H]2C1. The lowest BCUT2D eigenvalue weighted by Crippen LogP contribution is -2.51. The maximum absolute atomic E-state index is 4.66. The van der Waals surface area contributed by atoms with E-state index in [1.54, 1.807) is 12.5 Å². The zero-order chi connectivity index (χ0) is 8.67. The summed E-state index contributed by atoms with van der Waals surface area (Å²) in [6, 6.07) is 0.664. The quantitative estimate of drug-likeness (QED) is 0.563. The number of hydrogen-bond acceptors (Lipinski definition) is 5. The minimum Gasteiger partial charge on any atom is -0.366 e. The molecule has 0 aromatic heterocycles. The molecule has 0 unspecified atom stereocenters. The van der Waals surface area contributed by atoms with E-state index in [4.69, 9.17) is 0 Å². The number of likely N-dealkylation sites (tertiary alicyclic amines) is 1. The van der Waals surface area contributed by atoms with Crippen LogP contribution in [0.15, 0.2) is 17.1 Å². The van der Waals surface area contributed by atoms with Crippen LogP contribution in [0.1, 0.15) is 0 Å². The van der Waals surface area contributed by atoms with Gasteiger partial charge in [-0.1, -0.05) is 0 Å². The molecule has 0 bridgehead atoms. The van der Waals surface area contributed by atoms with Crippen LogP contribution in [0.2, 0.25) is 0 Å². The summed E-state index contributed by atoms with van der Waals surface area (Å²) in [4.78, 5) is 11.3. The fraction of sp³-hybridized carbons (Fsp3) is 0.625. The monoisotopic (exact) mass is 181 g/mol. The maximum Gasteiger partial charge on any atom is 0.170 e. The zero-order valence-corrected chi connectivity index (χ0v) is 7.14. The standard InChI is InChI=1S/C8H11N3O2/c1-6-3-11(4-8(6)9-1)7-2-10-13-12-5-7/h2,5-6,8-9H,1,3-4H2/t6-,8+/m0/s1. The first-order chi connectivity index (χ1) is 6.43. The van der Waals surface area contributed by atoms with Gasteiger partial charge in [-0.05, 0) is 5.16 Å². The number of allylic oxidation sites excluding steroid dienone is 1. The zero-order valence-electron chi connectivity index (χ0n) is 7.14. The molecule has 0 amide bonds. The highest BCUT2D eigenvalue weighted by Crippen LogP contribution is 2.26.